The summed E-state index contributed by atoms with van der Waals surface area (Å²) in [6.07, 6.45) is 1.68. The normalized spacial score (nSPS) is 11.1. The molecule has 0 aromatic rings. The topological polar surface area (TPSA) is 32.3 Å². The van der Waals surface area contributed by atoms with Crippen molar-refractivity contribution < 1.29 is 5.21 Å². The van der Waals surface area contributed by atoms with E-state index in [1.54, 1.807) is 19.9 Å². The van der Waals surface area contributed by atoms with Crippen LogP contribution < -0.4 is 5.48 Å². The molecule has 8 heavy (non-hydrogen) atoms. The highest BCUT2D eigenvalue weighted by Crippen LogP contribution is 1.85. The van der Waals surface area contributed by atoms with Crippen molar-refractivity contribution in [3.63, 3.8) is 0 Å². The molecule has 2 N–H and O–H groups in total. The van der Waals surface area contributed by atoms with Crippen LogP contribution in [0.2, 0.25) is 0 Å². The monoisotopic (exact) mass is 131 g/mol. The lowest BCUT2D eigenvalue weighted by atomic mass is 10.4. The number of rotatable bonds is 2. The molecule has 0 aliphatic rings. The summed E-state index contributed by atoms with van der Waals surface area (Å²) < 4.78 is 0. The average molecular weight is 131 g/mol. The number of hydroxylamine groups is 1. The van der Waals surface area contributed by atoms with E-state index < -0.39 is 0 Å². The molecule has 0 aromatic carbocycles. The van der Waals surface area contributed by atoms with E-state index in [1.807, 2.05) is 5.48 Å². The zero-order chi connectivity index (χ0) is 6.57. The van der Waals surface area contributed by atoms with Gasteiger partial charge in [0.2, 0.25) is 0 Å². The largest absolute Gasteiger partial charge is 0.291 e. The van der Waals surface area contributed by atoms with Gasteiger partial charge in [-0.05, 0) is 19.9 Å². The SMILES string of the molecule is CC(=S)/C=C(/C)NO. The van der Waals surface area contributed by atoms with E-state index in [0.717, 1.165) is 4.86 Å². The fourth-order valence-electron chi connectivity index (χ4n) is 0.337. The third kappa shape index (κ3) is 3.77. The average Bonchev–Trinajstić information content (AvgIpc) is 1.65. The van der Waals surface area contributed by atoms with Crippen LogP contribution in [0, 0.1) is 0 Å². The Morgan fingerprint density at radius 1 is 1.62 bits per heavy atom. The lowest BCUT2D eigenvalue weighted by Gasteiger charge is -1.93. The van der Waals surface area contributed by atoms with E-state index >= 15 is 0 Å². The Hall–Kier alpha value is -0.410. The summed E-state index contributed by atoms with van der Waals surface area (Å²) in [6.45, 7) is 3.52. The summed E-state index contributed by atoms with van der Waals surface area (Å²) in [6, 6.07) is 0. The van der Waals surface area contributed by atoms with E-state index in [2.05, 4.69) is 0 Å². The molecule has 0 saturated carbocycles. The highest BCUT2D eigenvalue weighted by Gasteiger charge is 1.81. The molecule has 0 aliphatic heterocycles. The molecule has 0 aliphatic carbocycles. The molecule has 0 spiro atoms. The molecule has 0 aromatic heterocycles. The van der Waals surface area contributed by atoms with Crippen LogP contribution in [0.3, 0.4) is 0 Å². The van der Waals surface area contributed by atoms with Gasteiger partial charge in [-0.3, -0.25) is 10.7 Å². The van der Waals surface area contributed by atoms with Crippen molar-refractivity contribution in [3.05, 3.63) is 11.8 Å². The first-order chi connectivity index (χ1) is 3.66. The van der Waals surface area contributed by atoms with Crippen molar-refractivity contribution in [3.8, 4) is 0 Å². The molecule has 2 nitrogen and oxygen atoms in total. The fraction of sp³-hybridized carbons (Fsp3) is 0.400. The smallest absolute Gasteiger partial charge is 0.0356 e. The summed E-state index contributed by atoms with van der Waals surface area (Å²) in [7, 11) is 0. The van der Waals surface area contributed by atoms with Crippen LogP contribution in [0.5, 0.6) is 0 Å². The van der Waals surface area contributed by atoms with Gasteiger partial charge in [-0.2, -0.15) is 0 Å². The summed E-state index contributed by atoms with van der Waals surface area (Å²) in [5, 5.41) is 8.21. The molecule has 0 atom stereocenters. The molecule has 0 rings (SSSR count). The molecule has 0 fully saturated rings. The predicted octanol–water partition coefficient (Wildman–Crippen LogP) is 1.26. The van der Waals surface area contributed by atoms with Gasteiger partial charge < -0.3 is 0 Å². The second kappa shape index (κ2) is 3.57. The Kier molecular flexibility index (Phi) is 3.39. The Morgan fingerprint density at radius 3 is 2.25 bits per heavy atom. The Morgan fingerprint density at radius 2 is 2.12 bits per heavy atom. The van der Waals surface area contributed by atoms with Crippen LogP contribution in [0.25, 0.3) is 0 Å². The van der Waals surface area contributed by atoms with Crippen molar-refractivity contribution in [2.75, 3.05) is 0 Å². The minimum absolute atomic E-state index is 0.664. The van der Waals surface area contributed by atoms with Gasteiger partial charge in [-0.25, -0.2) is 0 Å². The third-order valence-electron chi connectivity index (χ3n) is 0.596. The molecular weight excluding hydrogens is 122 g/mol. The molecular formula is C5H9NOS. The highest BCUT2D eigenvalue weighted by atomic mass is 32.1. The summed E-state index contributed by atoms with van der Waals surface area (Å²) in [4.78, 5) is 0.754. The molecule has 0 heterocycles. The second-order valence-electron chi connectivity index (χ2n) is 1.55. The van der Waals surface area contributed by atoms with Gasteiger partial charge in [-0.1, -0.05) is 12.2 Å². The van der Waals surface area contributed by atoms with Gasteiger partial charge in [0.1, 0.15) is 0 Å². The van der Waals surface area contributed by atoms with Crippen LogP contribution in [0.15, 0.2) is 11.8 Å². The van der Waals surface area contributed by atoms with E-state index in [9.17, 15) is 0 Å². The van der Waals surface area contributed by atoms with Crippen molar-refractivity contribution in [2.24, 2.45) is 0 Å². The predicted molar refractivity (Wildman–Crippen MR) is 37.0 cm³/mol. The van der Waals surface area contributed by atoms with E-state index in [0.29, 0.717) is 5.70 Å². The van der Waals surface area contributed by atoms with Crippen LogP contribution in [-0.4, -0.2) is 10.1 Å². The number of allylic oxidation sites excluding steroid dienone is 2. The number of nitrogens with one attached hydrogen (secondary N) is 1. The molecule has 0 amide bonds. The van der Waals surface area contributed by atoms with Crippen molar-refractivity contribution >= 4 is 17.1 Å². The fourth-order valence-corrected chi connectivity index (χ4v) is 0.514. The lowest BCUT2D eigenvalue weighted by molar-refractivity contribution is 0.201. The second-order valence-corrected chi connectivity index (χ2v) is 2.19. The third-order valence-corrected chi connectivity index (χ3v) is 0.714. The maximum absolute atomic E-state index is 8.21. The molecule has 0 saturated heterocycles. The molecule has 0 radical (unpaired) electrons. The van der Waals surface area contributed by atoms with Gasteiger partial charge in [0.25, 0.3) is 0 Å². The minimum Gasteiger partial charge on any atom is -0.291 e. The maximum atomic E-state index is 8.21. The zero-order valence-electron chi connectivity index (χ0n) is 4.93. The molecule has 0 unspecified atom stereocenters. The first-order valence-corrected chi connectivity index (χ1v) is 2.66. The standard InChI is InChI=1S/C5H9NOS/c1-4(6-7)3-5(2)8/h3,6-7H,1-2H3/b4-3-. The van der Waals surface area contributed by atoms with E-state index in [1.165, 1.54) is 0 Å². The Labute approximate surface area is 54.2 Å². The van der Waals surface area contributed by atoms with Gasteiger partial charge >= 0.3 is 0 Å². The zero-order valence-corrected chi connectivity index (χ0v) is 5.75. The highest BCUT2D eigenvalue weighted by molar-refractivity contribution is 7.80. The number of hydrogen-bond donors (Lipinski definition) is 2. The van der Waals surface area contributed by atoms with Gasteiger partial charge in [0.05, 0.1) is 0 Å². The van der Waals surface area contributed by atoms with Crippen LogP contribution in [0.4, 0.5) is 0 Å². The number of hydrogen-bond acceptors (Lipinski definition) is 3. The maximum Gasteiger partial charge on any atom is 0.0356 e. The summed E-state index contributed by atoms with van der Waals surface area (Å²) in [5.74, 6) is 0. The van der Waals surface area contributed by atoms with Crippen molar-refractivity contribution in [2.45, 2.75) is 13.8 Å². The summed E-state index contributed by atoms with van der Waals surface area (Å²) >= 11 is 4.71. The molecule has 46 valence electrons. The molecule has 0 bridgehead atoms. The van der Waals surface area contributed by atoms with Crippen LogP contribution in [0.1, 0.15) is 13.8 Å². The van der Waals surface area contributed by atoms with Crippen molar-refractivity contribution in [1.29, 1.82) is 0 Å². The van der Waals surface area contributed by atoms with Gasteiger partial charge in [-0.15, -0.1) is 0 Å². The quantitative estimate of drug-likeness (QED) is 0.336. The first kappa shape index (κ1) is 7.59. The first-order valence-electron chi connectivity index (χ1n) is 2.26. The van der Waals surface area contributed by atoms with Gasteiger partial charge in [0.15, 0.2) is 0 Å². The lowest BCUT2D eigenvalue weighted by Crippen LogP contribution is -2.03. The minimum atomic E-state index is 0.664. The van der Waals surface area contributed by atoms with Crippen molar-refractivity contribution in [1.82, 2.24) is 5.48 Å². The Bertz CT molecular complexity index is 120. The van der Waals surface area contributed by atoms with E-state index in [4.69, 9.17) is 17.4 Å². The Balaban J connectivity index is 3.75. The summed E-state index contributed by atoms with van der Waals surface area (Å²) in [5.41, 5.74) is 2.63. The molecule has 3 heteroatoms. The van der Waals surface area contributed by atoms with Gasteiger partial charge in [0, 0.05) is 10.6 Å². The van der Waals surface area contributed by atoms with E-state index in [-0.39, 0.29) is 0 Å². The van der Waals surface area contributed by atoms with Crippen LogP contribution >= 0.6 is 12.2 Å². The van der Waals surface area contributed by atoms with Crippen LogP contribution in [-0.2, 0) is 0 Å². The number of thiocarbonyl (C=S) groups is 1.